The van der Waals surface area contributed by atoms with Crippen LogP contribution in [0.15, 0.2) is 0 Å². The molecule has 1 atom stereocenters. The van der Waals surface area contributed by atoms with Crippen molar-refractivity contribution in [1.29, 1.82) is 0 Å². The Labute approximate surface area is 122 Å². The smallest absolute Gasteiger partial charge is 0.248 e. The molecule has 0 aromatic heterocycles. The number of rotatable bonds is 4. The minimum Gasteiger partial charge on any atom is -0.342 e. The van der Waals surface area contributed by atoms with Crippen LogP contribution in [0.4, 0.5) is 0 Å². The molecule has 20 heavy (non-hydrogen) atoms. The lowest BCUT2D eigenvalue weighted by atomic mass is 9.87. The van der Waals surface area contributed by atoms with E-state index in [4.69, 9.17) is 0 Å². The second-order valence-corrected chi connectivity index (χ2v) is 6.57. The van der Waals surface area contributed by atoms with E-state index in [1.54, 1.807) is 0 Å². The molecular formula is C16H28N2O2. The first-order valence-corrected chi connectivity index (χ1v) is 8.15. The maximum Gasteiger partial charge on any atom is 0.248 e. The van der Waals surface area contributed by atoms with Crippen LogP contribution in [0.5, 0.6) is 0 Å². The van der Waals surface area contributed by atoms with E-state index in [2.05, 4.69) is 5.32 Å². The molecule has 1 unspecified atom stereocenters. The fourth-order valence-corrected chi connectivity index (χ4v) is 3.38. The van der Waals surface area contributed by atoms with Crippen molar-refractivity contribution in [2.24, 2.45) is 5.92 Å². The lowest BCUT2D eigenvalue weighted by molar-refractivity contribution is -0.138. The van der Waals surface area contributed by atoms with Gasteiger partial charge in [-0.25, -0.2) is 0 Å². The summed E-state index contributed by atoms with van der Waals surface area (Å²) in [7, 11) is 0. The SMILES string of the molecule is CCC1(C)NC(=O)CCN(CCC2CCCCC2)C1=O. The van der Waals surface area contributed by atoms with Gasteiger partial charge in [-0.1, -0.05) is 39.0 Å². The van der Waals surface area contributed by atoms with Gasteiger partial charge in [0.1, 0.15) is 5.54 Å². The molecule has 2 amide bonds. The number of amides is 2. The second kappa shape index (κ2) is 6.59. The molecule has 1 aliphatic carbocycles. The summed E-state index contributed by atoms with van der Waals surface area (Å²) in [6, 6.07) is 0. The van der Waals surface area contributed by atoms with Crippen LogP contribution in [0.3, 0.4) is 0 Å². The Morgan fingerprint density at radius 1 is 1.25 bits per heavy atom. The van der Waals surface area contributed by atoms with Gasteiger partial charge >= 0.3 is 0 Å². The zero-order valence-electron chi connectivity index (χ0n) is 12.9. The molecule has 1 aliphatic heterocycles. The predicted molar refractivity (Wildman–Crippen MR) is 79.2 cm³/mol. The van der Waals surface area contributed by atoms with Crippen molar-refractivity contribution in [1.82, 2.24) is 10.2 Å². The Hall–Kier alpha value is -1.06. The number of nitrogens with one attached hydrogen (secondary N) is 1. The van der Waals surface area contributed by atoms with Gasteiger partial charge in [-0.2, -0.15) is 0 Å². The molecule has 0 aromatic rings. The Bertz CT molecular complexity index is 363. The summed E-state index contributed by atoms with van der Waals surface area (Å²) in [6.07, 6.45) is 8.85. The Morgan fingerprint density at radius 2 is 1.95 bits per heavy atom. The minimum atomic E-state index is -0.708. The van der Waals surface area contributed by atoms with Crippen molar-refractivity contribution in [3.8, 4) is 0 Å². The van der Waals surface area contributed by atoms with Crippen LogP contribution >= 0.6 is 0 Å². The number of carbonyl (C=O) groups excluding carboxylic acids is 2. The van der Waals surface area contributed by atoms with Gasteiger partial charge in [-0.3, -0.25) is 9.59 Å². The van der Waals surface area contributed by atoms with Gasteiger partial charge in [0.15, 0.2) is 0 Å². The molecule has 0 aromatic carbocycles. The molecule has 0 spiro atoms. The second-order valence-electron chi connectivity index (χ2n) is 6.57. The van der Waals surface area contributed by atoms with E-state index in [0.29, 0.717) is 19.4 Å². The third-order valence-corrected chi connectivity index (χ3v) is 5.02. The molecule has 2 rings (SSSR count). The number of carbonyl (C=O) groups is 2. The van der Waals surface area contributed by atoms with Crippen LogP contribution in [0.2, 0.25) is 0 Å². The first-order chi connectivity index (χ1) is 9.55. The van der Waals surface area contributed by atoms with Crippen molar-refractivity contribution in [2.45, 2.75) is 70.8 Å². The maximum atomic E-state index is 12.6. The summed E-state index contributed by atoms with van der Waals surface area (Å²) in [5.74, 6) is 0.876. The molecule has 4 nitrogen and oxygen atoms in total. The summed E-state index contributed by atoms with van der Waals surface area (Å²) in [5.41, 5.74) is -0.708. The standard InChI is InChI=1S/C16H28N2O2/c1-3-16(2)15(20)18(12-10-14(19)17-16)11-9-13-7-5-4-6-8-13/h13H,3-12H2,1-2H3,(H,17,19). The van der Waals surface area contributed by atoms with E-state index >= 15 is 0 Å². The van der Waals surface area contributed by atoms with Crippen molar-refractivity contribution in [3.63, 3.8) is 0 Å². The molecule has 0 bridgehead atoms. The summed E-state index contributed by atoms with van der Waals surface area (Å²) < 4.78 is 0. The van der Waals surface area contributed by atoms with Crippen LogP contribution in [-0.4, -0.2) is 35.3 Å². The summed E-state index contributed by atoms with van der Waals surface area (Å²) >= 11 is 0. The zero-order valence-corrected chi connectivity index (χ0v) is 12.9. The maximum absolute atomic E-state index is 12.6. The average Bonchev–Trinajstić information content (AvgIpc) is 2.57. The highest BCUT2D eigenvalue weighted by atomic mass is 16.2. The molecule has 2 aliphatic rings. The summed E-state index contributed by atoms with van der Waals surface area (Å²) in [5, 5.41) is 2.89. The van der Waals surface area contributed by atoms with E-state index in [-0.39, 0.29) is 11.8 Å². The van der Waals surface area contributed by atoms with E-state index in [9.17, 15) is 9.59 Å². The van der Waals surface area contributed by atoms with Gasteiger partial charge in [-0.05, 0) is 25.7 Å². The van der Waals surface area contributed by atoms with Crippen LogP contribution in [-0.2, 0) is 9.59 Å². The van der Waals surface area contributed by atoms with Crippen LogP contribution in [0.25, 0.3) is 0 Å². The van der Waals surface area contributed by atoms with E-state index < -0.39 is 5.54 Å². The normalized spacial score (nSPS) is 29.2. The van der Waals surface area contributed by atoms with Gasteiger partial charge < -0.3 is 10.2 Å². The molecule has 1 N–H and O–H groups in total. The molecule has 1 heterocycles. The molecule has 1 saturated carbocycles. The Morgan fingerprint density at radius 3 is 2.60 bits per heavy atom. The molecule has 114 valence electrons. The molecule has 4 heteroatoms. The number of hydrogen-bond donors (Lipinski definition) is 1. The van der Waals surface area contributed by atoms with E-state index in [1.807, 2.05) is 18.7 Å². The monoisotopic (exact) mass is 280 g/mol. The van der Waals surface area contributed by atoms with Crippen LogP contribution < -0.4 is 5.32 Å². The predicted octanol–water partition coefficient (Wildman–Crippen LogP) is 2.47. The van der Waals surface area contributed by atoms with Crippen molar-refractivity contribution in [2.75, 3.05) is 13.1 Å². The highest BCUT2D eigenvalue weighted by Crippen LogP contribution is 2.27. The Kier molecular flexibility index (Phi) is 5.06. The first-order valence-electron chi connectivity index (χ1n) is 8.15. The van der Waals surface area contributed by atoms with E-state index in [1.165, 1.54) is 32.1 Å². The third kappa shape index (κ3) is 3.53. The van der Waals surface area contributed by atoms with Gasteiger partial charge in [0.25, 0.3) is 0 Å². The molecule has 0 radical (unpaired) electrons. The number of hydrogen-bond acceptors (Lipinski definition) is 2. The molecular weight excluding hydrogens is 252 g/mol. The minimum absolute atomic E-state index is 0.00265. The van der Waals surface area contributed by atoms with Crippen LogP contribution in [0.1, 0.15) is 65.2 Å². The van der Waals surface area contributed by atoms with Crippen molar-refractivity contribution >= 4 is 11.8 Å². The third-order valence-electron chi connectivity index (χ3n) is 5.02. The largest absolute Gasteiger partial charge is 0.342 e. The van der Waals surface area contributed by atoms with Gasteiger partial charge in [0.05, 0.1) is 0 Å². The lowest BCUT2D eigenvalue weighted by Crippen LogP contribution is -2.54. The fourth-order valence-electron chi connectivity index (χ4n) is 3.38. The van der Waals surface area contributed by atoms with Gasteiger partial charge in [0, 0.05) is 19.5 Å². The van der Waals surface area contributed by atoms with Gasteiger partial charge in [-0.15, -0.1) is 0 Å². The summed E-state index contributed by atoms with van der Waals surface area (Å²) in [6.45, 7) is 5.20. The molecule has 2 fully saturated rings. The Balaban J connectivity index is 1.94. The first kappa shape index (κ1) is 15.3. The van der Waals surface area contributed by atoms with E-state index in [0.717, 1.165) is 18.9 Å². The summed E-state index contributed by atoms with van der Waals surface area (Å²) in [4.78, 5) is 26.3. The van der Waals surface area contributed by atoms with Crippen molar-refractivity contribution in [3.05, 3.63) is 0 Å². The lowest BCUT2D eigenvalue weighted by Gasteiger charge is -2.32. The average molecular weight is 280 g/mol. The highest BCUT2D eigenvalue weighted by molar-refractivity contribution is 5.93. The fraction of sp³-hybridized carbons (Fsp3) is 0.875. The molecule has 1 saturated heterocycles. The zero-order chi connectivity index (χ0) is 14.6. The topological polar surface area (TPSA) is 49.4 Å². The highest BCUT2D eigenvalue weighted by Gasteiger charge is 2.38. The number of nitrogens with zero attached hydrogens (tertiary/aromatic N) is 1. The van der Waals surface area contributed by atoms with Gasteiger partial charge in [0.2, 0.25) is 11.8 Å². The van der Waals surface area contributed by atoms with Crippen molar-refractivity contribution < 1.29 is 9.59 Å². The quantitative estimate of drug-likeness (QED) is 0.860. The van der Waals surface area contributed by atoms with Crippen LogP contribution in [0, 0.1) is 5.92 Å².